The maximum absolute atomic E-state index is 2.28. The summed E-state index contributed by atoms with van der Waals surface area (Å²) in [5, 5.41) is 2.80. The number of benzene rings is 1. The van der Waals surface area contributed by atoms with Crippen molar-refractivity contribution < 1.29 is 4.57 Å². The lowest BCUT2D eigenvalue weighted by Gasteiger charge is -2.02. The van der Waals surface area contributed by atoms with Crippen LogP contribution in [-0.2, 0) is 7.05 Å². The standard InChI is InChI=1S/C13H14N/c1-14-8-11-4-2-3-5-12(11)13(9-14)10-6-7-10/h2-5,8-10H,6-7H2,1H3/q+1. The highest BCUT2D eigenvalue weighted by Crippen LogP contribution is 2.42. The molecule has 1 aliphatic rings. The van der Waals surface area contributed by atoms with E-state index in [-0.39, 0.29) is 0 Å². The van der Waals surface area contributed by atoms with Gasteiger partial charge in [0.05, 0.1) is 0 Å². The highest BCUT2D eigenvalue weighted by Gasteiger charge is 2.27. The zero-order valence-electron chi connectivity index (χ0n) is 8.40. The summed E-state index contributed by atoms with van der Waals surface area (Å²) in [5.74, 6) is 0.826. The van der Waals surface area contributed by atoms with E-state index in [9.17, 15) is 0 Å². The lowest BCUT2D eigenvalue weighted by molar-refractivity contribution is -0.670. The van der Waals surface area contributed by atoms with Gasteiger partial charge < -0.3 is 0 Å². The number of fused-ring (bicyclic) bond motifs is 1. The van der Waals surface area contributed by atoms with E-state index < -0.39 is 0 Å². The summed E-state index contributed by atoms with van der Waals surface area (Å²) in [6, 6.07) is 8.68. The molecule has 0 bridgehead atoms. The molecule has 3 rings (SSSR count). The van der Waals surface area contributed by atoms with Gasteiger partial charge in [-0.1, -0.05) is 18.2 Å². The van der Waals surface area contributed by atoms with Crippen LogP contribution in [0.2, 0.25) is 0 Å². The molecule has 1 aromatic heterocycles. The average Bonchev–Trinajstić information content (AvgIpc) is 2.99. The van der Waals surface area contributed by atoms with Crippen molar-refractivity contribution >= 4 is 10.8 Å². The first kappa shape index (κ1) is 7.98. The third kappa shape index (κ3) is 1.20. The lowest BCUT2D eigenvalue weighted by Crippen LogP contribution is -2.27. The van der Waals surface area contributed by atoms with Gasteiger partial charge in [-0.15, -0.1) is 0 Å². The van der Waals surface area contributed by atoms with Crippen LogP contribution in [-0.4, -0.2) is 0 Å². The van der Waals surface area contributed by atoms with E-state index in [4.69, 9.17) is 0 Å². The third-order valence-electron chi connectivity index (χ3n) is 2.97. The molecule has 2 aromatic rings. The number of hydrogen-bond donors (Lipinski definition) is 0. The molecule has 1 aromatic carbocycles. The Kier molecular flexibility index (Phi) is 1.60. The summed E-state index contributed by atoms with van der Waals surface area (Å²) in [4.78, 5) is 0. The number of hydrogen-bond acceptors (Lipinski definition) is 0. The van der Waals surface area contributed by atoms with E-state index in [0.29, 0.717) is 0 Å². The maximum atomic E-state index is 2.28. The quantitative estimate of drug-likeness (QED) is 0.600. The van der Waals surface area contributed by atoms with Crippen LogP contribution in [0, 0.1) is 0 Å². The predicted octanol–water partition coefficient (Wildman–Crippen LogP) is 2.54. The number of pyridine rings is 1. The topological polar surface area (TPSA) is 3.88 Å². The summed E-state index contributed by atoms with van der Waals surface area (Å²) >= 11 is 0. The van der Waals surface area contributed by atoms with Crippen LogP contribution in [0.1, 0.15) is 24.3 Å². The van der Waals surface area contributed by atoms with Crippen molar-refractivity contribution in [2.75, 3.05) is 0 Å². The Labute approximate surface area is 84.0 Å². The zero-order chi connectivity index (χ0) is 9.54. The van der Waals surface area contributed by atoms with Gasteiger partial charge in [0.1, 0.15) is 7.05 Å². The number of nitrogens with zero attached hydrogens (tertiary/aromatic N) is 1. The molecule has 0 spiro atoms. The molecule has 14 heavy (non-hydrogen) atoms. The number of rotatable bonds is 1. The van der Waals surface area contributed by atoms with Crippen LogP contribution in [0.5, 0.6) is 0 Å². The molecule has 0 aliphatic heterocycles. The maximum Gasteiger partial charge on any atom is 0.176 e. The summed E-state index contributed by atoms with van der Waals surface area (Å²) in [6.07, 6.45) is 7.21. The summed E-state index contributed by atoms with van der Waals surface area (Å²) in [7, 11) is 2.11. The monoisotopic (exact) mass is 184 g/mol. The highest BCUT2D eigenvalue weighted by molar-refractivity contribution is 5.84. The van der Waals surface area contributed by atoms with E-state index in [1.807, 2.05) is 0 Å². The molecule has 70 valence electrons. The minimum atomic E-state index is 0.826. The van der Waals surface area contributed by atoms with Crippen LogP contribution in [0.25, 0.3) is 10.8 Å². The first-order chi connectivity index (χ1) is 6.84. The molecular formula is C13H14N+. The normalized spacial score (nSPS) is 16.1. The van der Waals surface area contributed by atoms with Crippen molar-refractivity contribution in [3.05, 3.63) is 42.2 Å². The van der Waals surface area contributed by atoms with Gasteiger partial charge in [0.2, 0.25) is 0 Å². The largest absolute Gasteiger partial charge is 0.207 e. The predicted molar refractivity (Wildman–Crippen MR) is 57.1 cm³/mol. The average molecular weight is 184 g/mol. The molecule has 1 nitrogen and oxygen atoms in total. The SMILES string of the molecule is C[n+]1cc(C2CC2)c2ccccc2c1. The molecular weight excluding hydrogens is 170 g/mol. The van der Waals surface area contributed by atoms with Gasteiger partial charge in [0.15, 0.2) is 12.4 Å². The third-order valence-corrected chi connectivity index (χ3v) is 2.97. The van der Waals surface area contributed by atoms with Crippen molar-refractivity contribution in [2.24, 2.45) is 7.05 Å². The zero-order valence-corrected chi connectivity index (χ0v) is 8.40. The van der Waals surface area contributed by atoms with Crippen molar-refractivity contribution in [2.45, 2.75) is 18.8 Å². The van der Waals surface area contributed by atoms with Crippen molar-refractivity contribution in [3.8, 4) is 0 Å². The Morgan fingerprint density at radius 3 is 2.71 bits per heavy atom. The Hall–Kier alpha value is -1.37. The minimum Gasteiger partial charge on any atom is -0.207 e. The Morgan fingerprint density at radius 1 is 1.14 bits per heavy atom. The molecule has 1 saturated carbocycles. The summed E-state index contributed by atoms with van der Waals surface area (Å²) in [5.41, 5.74) is 1.53. The van der Waals surface area contributed by atoms with E-state index in [2.05, 4.69) is 48.3 Å². The van der Waals surface area contributed by atoms with Crippen molar-refractivity contribution in [1.29, 1.82) is 0 Å². The van der Waals surface area contributed by atoms with Crippen LogP contribution < -0.4 is 4.57 Å². The summed E-state index contributed by atoms with van der Waals surface area (Å²) < 4.78 is 2.18. The first-order valence-corrected chi connectivity index (χ1v) is 5.22. The van der Waals surface area contributed by atoms with E-state index >= 15 is 0 Å². The van der Waals surface area contributed by atoms with Crippen molar-refractivity contribution in [3.63, 3.8) is 0 Å². The second kappa shape index (κ2) is 2.81. The van der Waals surface area contributed by atoms with Gasteiger partial charge in [-0.25, -0.2) is 4.57 Å². The van der Waals surface area contributed by atoms with Crippen LogP contribution in [0.4, 0.5) is 0 Å². The molecule has 0 atom stereocenters. The Bertz CT molecular complexity index is 484. The van der Waals surface area contributed by atoms with E-state index in [1.54, 1.807) is 0 Å². The number of aryl methyl sites for hydroxylation is 1. The number of aromatic nitrogens is 1. The van der Waals surface area contributed by atoms with Crippen LogP contribution >= 0.6 is 0 Å². The molecule has 0 radical (unpaired) electrons. The second-order valence-electron chi connectivity index (χ2n) is 4.24. The molecule has 1 heterocycles. The van der Waals surface area contributed by atoms with E-state index in [0.717, 1.165) is 5.92 Å². The van der Waals surface area contributed by atoms with Crippen LogP contribution in [0.15, 0.2) is 36.7 Å². The Morgan fingerprint density at radius 2 is 1.93 bits per heavy atom. The molecule has 1 heteroatoms. The molecule has 1 fully saturated rings. The molecule has 0 amide bonds. The van der Waals surface area contributed by atoms with Crippen molar-refractivity contribution in [1.82, 2.24) is 0 Å². The Balaban J connectivity index is 2.34. The fourth-order valence-corrected chi connectivity index (χ4v) is 2.14. The van der Waals surface area contributed by atoms with Gasteiger partial charge in [-0.2, -0.15) is 0 Å². The highest BCUT2D eigenvalue weighted by atomic mass is 14.9. The fraction of sp³-hybridized carbons (Fsp3) is 0.308. The van der Waals surface area contributed by atoms with Gasteiger partial charge in [0, 0.05) is 10.9 Å². The van der Waals surface area contributed by atoms with Crippen LogP contribution in [0.3, 0.4) is 0 Å². The first-order valence-electron chi connectivity index (χ1n) is 5.22. The lowest BCUT2D eigenvalue weighted by atomic mass is 10.0. The van der Waals surface area contributed by atoms with Gasteiger partial charge in [0.25, 0.3) is 0 Å². The fourth-order valence-electron chi connectivity index (χ4n) is 2.14. The molecule has 1 aliphatic carbocycles. The molecule has 0 unspecified atom stereocenters. The summed E-state index contributed by atoms with van der Waals surface area (Å²) in [6.45, 7) is 0. The van der Waals surface area contributed by atoms with Gasteiger partial charge in [-0.05, 0) is 30.2 Å². The second-order valence-corrected chi connectivity index (χ2v) is 4.24. The van der Waals surface area contributed by atoms with Gasteiger partial charge >= 0.3 is 0 Å². The smallest absolute Gasteiger partial charge is 0.176 e. The van der Waals surface area contributed by atoms with E-state index in [1.165, 1.54) is 29.2 Å². The molecule has 0 N–H and O–H groups in total. The molecule has 0 saturated heterocycles. The van der Waals surface area contributed by atoms with Gasteiger partial charge in [-0.3, -0.25) is 0 Å². The minimum absolute atomic E-state index is 0.826.